The van der Waals surface area contributed by atoms with Gasteiger partial charge in [-0.2, -0.15) is 0 Å². The van der Waals surface area contributed by atoms with Gasteiger partial charge in [-0.15, -0.1) is 0 Å². The van der Waals surface area contributed by atoms with Crippen LogP contribution in [0.5, 0.6) is 0 Å². The Labute approximate surface area is 51.1 Å². The van der Waals surface area contributed by atoms with Crippen molar-refractivity contribution < 1.29 is 9.35 Å². The molecule has 0 saturated heterocycles. The largest absolute Gasteiger partial charge is 0.591 e. The molecule has 0 N–H and O–H groups in total. The summed E-state index contributed by atoms with van der Waals surface area (Å²) in [4.78, 5) is 9.41. The number of hydrogen-bond donors (Lipinski definition) is 0. The summed E-state index contributed by atoms with van der Waals surface area (Å²) in [7, 11) is 0. The molecule has 0 aromatic heterocycles. The quantitative estimate of drug-likeness (QED) is 0.318. The highest BCUT2D eigenvalue weighted by atomic mass is 32.2. The molecule has 0 aliphatic carbocycles. The second kappa shape index (κ2) is 4.84. The first-order valence-corrected chi connectivity index (χ1v) is 3.55. The molecule has 4 heteroatoms. The minimum atomic E-state index is -1.32. The van der Waals surface area contributed by atoms with Crippen molar-refractivity contribution in [3.8, 4) is 0 Å². The van der Waals surface area contributed by atoms with Gasteiger partial charge in [0.05, 0.1) is 0 Å². The van der Waals surface area contributed by atoms with E-state index in [1.807, 2.05) is 6.92 Å². The van der Waals surface area contributed by atoms with E-state index in [1.165, 1.54) is 6.08 Å². The van der Waals surface area contributed by atoms with Crippen LogP contribution in [0.3, 0.4) is 0 Å². The lowest BCUT2D eigenvalue weighted by atomic mass is 10.6. The van der Waals surface area contributed by atoms with Crippen LogP contribution < -0.4 is 0 Å². The van der Waals surface area contributed by atoms with E-state index in [9.17, 15) is 9.35 Å². The molecule has 0 aromatic rings. The SMILES string of the molecule is CCC[S+]([O-])N=C=O. The van der Waals surface area contributed by atoms with Crippen LogP contribution in [0.15, 0.2) is 4.40 Å². The van der Waals surface area contributed by atoms with Crippen LogP contribution in [0.1, 0.15) is 13.3 Å². The molecule has 3 nitrogen and oxygen atoms in total. The molecule has 0 heterocycles. The Hall–Kier alpha value is -0.310. The van der Waals surface area contributed by atoms with Crippen LogP contribution in [0.2, 0.25) is 0 Å². The summed E-state index contributed by atoms with van der Waals surface area (Å²) in [5.74, 6) is 0.454. The van der Waals surface area contributed by atoms with Crippen molar-refractivity contribution in [2.24, 2.45) is 4.40 Å². The van der Waals surface area contributed by atoms with E-state index in [2.05, 4.69) is 4.40 Å². The van der Waals surface area contributed by atoms with E-state index >= 15 is 0 Å². The first kappa shape index (κ1) is 7.69. The van der Waals surface area contributed by atoms with Crippen LogP contribution >= 0.6 is 0 Å². The van der Waals surface area contributed by atoms with E-state index in [0.29, 0.717) is 5.75 Å². The molecule has 0 fully saturated rings. The standard InChI is InChI=1S/C4H7NO2S/c1-2-3-8(7)5-4-6/h2-3H2,1H3. The van der Waals surface area contributed by atoms with Gasteiger partial charge in [-0.3, -0.25) is 0 Å². The minimum Gasteiger partial charge on any atom is -0.591 e. The third-order valence-corrected chi connectivity index (χ3v) is 1.55. The lowest BCUT2D eigenvalue weighted by Gasteiger charge is -1.94. The lowest BCUT2D eigenvalue weighted by Crippen LogP contribution is -1.99. The maximum atomic E-state index is 10.3. The molecular formula is C4H7NO2S. The van der Waals surface area contributed by atoms with E-state index < -0.39 is 11.4 Å². The van der Waals surface area contributed by atoms with Gasteiger partial charge >= 0.3 is 0 Å². The second-order valence-electron chi connectivity index (χ2n) is 1.21. The molecule has 0 bridgehead atoms. The Balaban J connectivity index is 3.31. The highest BCUT2D eigenvalue weighted by molar-refractivity contribution is 7.90. The number of rotatable bonds is 3. The topological polar surface area (TPSA) is 52.5 Å². The van der Waals surface area contributed by atoms with Gasteiger partial charge < -0.3 is 4.55 Å². The Kier molecular flexibility index (Phi) is 4.65. The molecule has 0 aliphatic rings. The Morgan fingerprint density at radius 3 is 2.88 bits per heavy atom. The van der Waals surface area contributed by atoms with Gasteiger partial charge in [-0.1, -0.05) is 6.92 Å². The molecular weight excluding hydrogens is 126 g/mol. The molecule has 8 heavy (non-hydrogen) atoms. The van der Waals surface area contributed by atoms with Gasteiger partial charge in [-0.25, -0.2) is 4.79 Å². The van der Waals surface area contributed by atoms with Crippen molar-refractivity contribution in [1.29, 1.82) is 0 Å². The highest BCUT2D eigenvalue weighted by Gasteiger charge is 1.98. The maximum Gasteiger partial charge on any atom is 0.288 e. The zero-order valence-corrected chi connectivity index (χ0v) is 5.40. The molecule has 0 amide bonds. The fourth-order valence-electron chi connectivity index (χ4n) is 0.262. The van der Waals surface area contributed by atoms with Gasteiger partial charge in [0.15, 0.2) is 0 Å². The van der Waals surface area contributed by atoms with Crippen LogP contribution in [0.4, 0.5) is 0 Å². The molecule has 0 saturated carbocycles. The van der Waals surface area contributed by atoms with Gasteiger partial charge in [0.25, 0.3) is 6.08 Å². The molecule has 0 rings (SSSR count). The molecule has 46 valence electrons. The van der Waals surface area contributed by atoms with Crippen LogP contribution in [0, 0.1) is 0 Å². The lowest BCUT2D eigenvalue weighted by molar-refractivity contribution is 0.563. The van der Waals surface area contributed by atoms with Gasteiger partial charge in [-0.05, 0) is 6.42 Å². The zero-order valence-electron chi connectivity index (χ0n) is 4.59. The summed E-state index contributed by atoms with van der Waals surface area (Å²) < 4.78 is 13.3. The van der Waals surface area contributed by atoms with Gasteiger partial charge in [0, 0.05) is 4.40 Å². The summed E-state index contributed by atoms with van der Waals surface area (Å²) in [5, 5.41) is 0. The number of isocyanates is 1. The predicted octanol–water partition coefficient (Wildman–Crippen LogP) is 0.396. The van der Waals surface area contributed by atoms with Crippen molar-refractivity contribution in [2.45, 2.75) is 13.3 Å². The van der Waals surface area contributed by atoms with Crippen LogP contribution in [0.25, 0.3) is 0 Å². The molecule has 0 aliphatic heterocycles. The summed E-state index contributed by atoms with van der Waals surface area (Å²) >= 11 is -1.32. The van der Waals surface area contributed by atoms with Crippen molar-refractivity contribution in [3.63, 3.8) is 0 Å². The van der Waals surface area contributed by atoms with E-state index in [1.54, 1.807) is 0 Å². The Morgan fingerprint density at radius 2 is 2.50 bits per heavy atom. The van der Waals surface area contributed by atoms with Crippen molar-refractivity contribution >= 4 is 17.4 Å². The molecule has 0 radical (unpaired) electrons. The van der Waals surface area contributed by atoms with Crippen molar-refractivity contribution in [1.82, 2.24) is 0 Å². The summed E-state index contributed by atoms with van der Waals surface area (Å²) in [6.07, 6.45) is 2.00. The average Bonchev–Trinajstić information content (AvgIpc) is 1.68. The van der Waals surface area contributed by atoms with Crippen molar-refractivity contribution in [2.75, 3.05) is 5.75 Å². The van der Waals surface area contributed by atoms with Gasteiger partial charge in [0.1, 0.15) is 17.1 Å². The van der Waals surface area contributed by atoms with Gasteiger partial charge in [0.2, 0.25) is 0 Å². The third-order valence-electron chi connectivity index (χ3n) is 0.518. The Bertz CT molecular complexity index is 100. The average molecular weight is 133 g/mol. The smallest absolute Gasteiger partial charge is 0.288 e. The summed E-state index contributed by atoms with van der Waals surface area (Å²) in [6, 6.07) is 0. The fraction of sp³-hybridized carbons (Fsp3) is 0.750. The second-order valence-corrected chi connectivity index (χ2v) is 2.44. The van der Waals surface area contributed by atoms with Crippen molar-refractivity contribution in [3.05, 3.63) is 0 Å². The maximum absolute atomic E-state index is 10.3. The highest BCUT2D eigenvalue weighted by Crippen LogP contribution is 1.91. The number of hydrogen-bond acceptors (Lipinski definition) is 3. The van der Waals surface area contributed by atoms with E-state index in [4.69, 9.17) is 0 Å². The number of carbonyl (C=O) groups excluding carboxylic acids is 1. The number of nitrogens with zero attached hydrogens (tertiary/aromatic N) is 1. The predicted molar refractivity (Wildman–Crippen MR) is 31.4 cm³/mol. The molecule has 0 aromatic carbocycles. The monoisotopic (exact) mass is 133 g/mol. The fourth-order valence-corrected chi connectivity index (χ4v) is 0.785. The zero-order chi connectivity index (χ0) is 6.41. The molecule has 1 atom stereocenters. The van der Waals surface area contributed by atoms with Crippen LogP contribution in [-0.2, 0) is 16.2 Å². The minimum absolute atomic E-state index is 0.454. The first-order valence-electron chi connectivity index (χ1n) is 2.27. The van der Waals surface area contributed by atoms with Crippen LogP contribution in [-0.4, -0.2) is 16.4 Å². The third kappa shape index (κ3) is 3.87. The first-order chi connectivity index (χ1) is 3.81. The van der Waals surface area contributed by atoms with E-state index in [0.717, 1.165) is 6.42 Å². The molecule has 0 spiro atoms. The van der Waals surface area contributed by atoms with E-state index in [-0.39, 0.29) is 0 Å². The normalized spacial score (nSPS) is 12.2. The summed E-state index contributed by atoms with van der Waals surface area (Å²) in [6.45, 7) is 1.87. The molecule has 1 unspecified atom stereocenters. The summed E-state index contributed by atoms with van der Waals surface area (Å²) in [5.41, 5.74) is 0. The Morgan fingerprint density at radius 1 is 1.88 bits per heavy atom.